The van der Waals surface area contributed by atoms with Gasteiger partial charge in [0.05, 0.1) is 0 Å². The van der Waals surface area contributed by atoms with Crippen molar-refractivity contribution in [1.82, 2.24) is 0 Å². The van der Waals surface area contributed by atoms with E-state index in [2.05, 4.69) is 0 Å². The Labute approximate surface area is 28.9 Å². The van der Waals surface area contributed by atoms with Crippen LogP contribution in [0.1, 0.15) is 0 Å². The molecule has 0 aromatic heterocycles. The summed E-state index contributed by atoms with van der Waals surface area (Å²) in [5, 5.41) is 0. The van der Waals surface area contributed by atoms with Crippen molar-refractivity contribution in [3.63, 3.8) is 0 Å². The van der Waals surface area contributed by atoms with Crippen LogP contribution in [-0.4, -0.2) is 15.3 Å². The molecule has 0 unspecified atom stereocenters. The summed E-state index contributed by atoms with van der Waals surface area (Å²) in [7, 11) is 0. The van der Waals surface area contributed by atoms with Crippen LogP contribution in [0.2, 0.25) is 5.76 Å². The van der Waals surface area contributed by atoms with Crippen LogP contribution in [-0.2, 0) is 0 Å². The van der Waals surface area contributed by atoms with E-state index in [0.717, 1.165) is 5.76 Å². The summed E-state index contributed by atoms with van der Waals surface area (Å²) in [5.74, 6) is 1.00. The first kappa shape index (κ1) is 4.40. The van der Waals surface area contributed by atoms with Gasteiger partial charge in [-0.2, -0.15) is 0 Å². The SMILES string of the molecule is [CH3][Ge]([F])[F]. The van der Waals surface area contributed by atoms with Crippen molar-refractivity contribution >= 4 is 15.3 Å². The summed E-state index contributed by atoms with van der Waals surface area (Å²) in [6.07, 6.45) is 0. The summed E-state index contributed by atoms with van der Waals surface area (Å²) >= 11 is -3.33. The van der Waals surface area contributed by atoms with Crippen LogP contribution in [0.3, 0.4) is 0 Å². The van der Waals surface area contributed by atoms with Crippen LogP contribution in [0, 0.1) is 0 Å². The quantitative estimate of drug-likeness (QED) is 0.425. The molecular formula is CH3F2Ge. The fourth-order valence-electron chi connectivity index (χ4n) is 0. The summed E-state index contributed by atoms with van der Waals surface area (Å²) in [6.45, 7) is 0. The van der Waals surface area contributed by atoms with Gasteiger partial charge in [-0.15, -0.1) is 0 Å². The van der Waals surface area contributed by atoms with Gasteiger partial charge in [-0.25, -0.2) is 0 Å². The monoisotopic (exact) mass is 127 g/mol. The molecule has 0 aromatic rings. The molecule has 0 aliphatic carbocycles. The van der Waals surface area contributed by atoms with E-state index >= 15 is 0 Å². The fourth-order valence-corrected chi connectivity index (χ4v) is 0. The zero-order chi connectivity index (χ0) is 3.58. The topological polar surface area (TPSA) is 0 Å². The molecule has 0 spiro atoms. The van der Waals surface area contributed by atoms with Crippen LogP contribution < -0.4 is 0 Å². The van der Waals surface area contributed by atoms with Crippen LogP contribution in [0.15, 0.2) is 0 Å². The molecule has 0 nitrogen and oxygen atoms in total. The molecule has 0 rings (SSSR count). The maximum atomic E-state index is 10.5. The van der Waals surface area contributed by atoms with Crippen LogP contribution in [0.25, 0.3) is 0 Å². The summed E-state index contributed by atoms with van der Waals surface area (Å²) in [5.41, 5.74) is 0. The molecule has 0 heterocycles. The van der Waals surface area contributed by atoms with Gasteiger partial charge in [-0.3, -0.25) is 0 Å². The second kappa shape index (κ2) is 1.70. The standard InChI is InChI=1S/CH3F2Ge/c1-4(2)3/h1H3. The first-order valence-electron chi connectivity index (χ1n) is 0.878. The second-order valence-electron chi connectivity index (χ2n) is 0.449. The van der Waals surface area contributed by atoms with Crippen molar-refractivity contribution in [2.24, 2.45) is 0 Å². The third kappa shape index (κ3) is 29.1. The minimum absolute atomic E-state index is 1.00. The van der Waals surface area contributed by atoms with Gasteiger partial charge in [0.15, 0.2) is 0 Å². The Morgan fingerprint density at radius 1 is 1.50 bits per heavy atom. The van der Waals surface area contributed by atoms with Crippen LogP contribution in [0.5, 0.6) is 0 Å². The number of hydrogen-bond acceptors (Lipinski definition) is 0. The van der Waals surface area contributed by atoms with E-state index in [1.165, 1.54) is 0 Å². The fraction of sp³-hybridized carbons (Fsp3) is 1.00. The first-order valence-corrected chi connectivity index (χ1v) is 4.56. The molecule has 3 heteroatoms. The van der Waals surface area contributed by atoms with Gasteiger partial charge in [0, 0.05) is 0 Å². The van der Waals surface area contributed by atoms with Crippen LogP contribution >= 0.6 is 0 Å². The van der Waals surface area contributed by atoms with E-state index in [9.17, 15) is 7.00 Å². The van der Waals surface area contributed by atoms with Gasteiger partial charge in [0.2, 0.25) is 0 Å². The number of halogens is 2. The zero-order valence-electron chi connectivity index (χ0n) is 2.26. The Morgan fingerprint density at radius 2 is 1.50 bits per heavy atom. The number of hydrogen-bond donors (Lipinski definition) is 0. The Morgan fingerprint density at radius 3 is 1.50 bits per heavy atom. The van der Waals surface area contributed by atoms with E-state index in [1.807, 2.05) is 0 Å². The first-order chi connectivity index (χ1) is 1.73. The Bertz CT molecular complexity index is 10.8. The normalized spacial score (nSPS) is 9.00. The van der Waals surface area contributed by atoms with E-state index in [1.54, 1.807) is 0 Å². The Kier molecular flexibility index (Phi) is 1.87. The second-order valence-corrected chi connectivity index (χ2v) is 2.34. The summed E-state index contributed by atoms with van der Waals surface area (Å²) < 4.78 is 21.0. The molecule has 0 atom stereocenters. The molecule has 0 fully saturated rings. The van der Waals surface area contributed by atoms with Crippen molar-refractivity contribution in [2.45, 2.75) is 5.76 Å². The molecule has 0 saturated heterocycles. The average molecular weight is 126 g/mol. The van der Waals surface area contributed by atoms with Crippen molar-refractivity contribution in [3.05, 3.63) is 0 Å². The van der Waals surface area contributed by atoms with Gasteiger partial charge in [-0.05, 0) is 0 Å². The minimum atomic E-state index is -3.33. The van der Waals surface area contributed by atoms with Crippen molar-refractivity contribution in [1.29, 1.82) is 0 Å². The van der Waals surface area contributed by atoms with Gasteiger partial charge >= 0.3 is 28.0 Å². The molecule has 0 amide bonds. The van der Waals surface area contributed by atoms with Gasteiger partial charge in [-0.1, -0.05) is 0 Å². The Hall–Kier alpha value is 0.403. The number of rotatable bonds is 0. The van der Waals surface area contributed by atoms with E-state index in [0.29, 0.717) is 0 Å². The van der Waals surface area contributed by atoms with Crippen LogP contribution in [0.4, 0.5) is 7.00 Å². The van der Waals surface area contributed by atoms with E-state index < -0.39 is 15.3 Å². The average Bonchev–Trinajstić information content (AvgIpc) is 0.811. The Balaban J connectivity index is 2.32. The molecule has 1 radical (unpaired) electrons. The van der Waals surface area contributed by atoms with Crippen molar-refractivity contribution in [2.75, 3.05) is 0 Å². The molecule has 25 valence electrons. The third-order valence-corrected chi connectivity index (χ3v) is 0. The van der Waals surface area contributed by atoms with Gasteiger partial charge < -0.3 is 0 Å². The molecular weight excluding hydrogens is 123 g/mol. The van der Waals surface area contributed by atoms with Gasteiger partial charge in [0.1, 0.15) is 0 Å². The molecule has 0 aliphatic heterocycles. The third-order valence-electron chi connectivity index (χ3n) is 0. The predicted molar refractivity (Wildman–Crippen MR) is 13.8 cm³/mol. The van der Waals surface area contributed by atoms with Gasteiger partial charge in [0.25, 0.3) is 0 Å². The molecule has 0 aliphatic rings. The molecule has 0 aromatic carbocycles. The zero-order valence-corrected chi connectivity index (χ0v) is 4.35. The van der Waals surface area contributed by atoms with E-state index in [4.69, 9.17) is 0 Å². The van der Waals surface area contributed by atoms with E-state index in [-0.39, 0.29) is 0 Å². The molecule has 0 bridgehead atoms. The molecule has 0 N–H and O–H groups in total. The summed E-state index contributed by atoms with van der Waals surface area (Å²) in [6, 6.07) is 0. The molecule has 0 saturated carbocycles. The van der Waals surface area contributed by atoms with Crippen molar-refractivity contribution < 1.29 is 7.00 Å². The molecule has 4 heavy (non-hydrogen) atoms. The van der Waals surface area contributed by atoms with Crippen molar-refractivity contribution in [3.8, 4) is 0 Å². The summed E-state index contributed by atoms with van der Waals surface area (Å²) in [4.78, 5) is 0. The maximum absolute atomic E-state index is 10.5. The predicted octanol–water partition coefficient (Wildman–Crippen LogP) is 1.04.